The Morgan fingerprint density at radius 2 is 1.87 bits per heavy atom. The van der Waals surface area contributed by atoms with Gasteiger partial charge in [-0.2, -0.15) is 0 Å². The third-order valence-corrected chi connectivity index (χ3v) is 4.55. The Hall–Kier alpha value is -4.24. The van der Waals surface area contributed by atoms with Gasteiger partial charge in [0.2, 0.25) is 0 Å². The highest BCUT2D eigenvalue weighted by Crippen LogP contribution is 2.32. The maximum Gasteiger partial charge on any atom is 0.337 e. The van der Waals surface area contributed by atoms with Crippen LogP contribution in [-0.2, 0) is 4.74 Å². The van der Waals surface area contributed by atoms with Crippen LogP contribution >= 0.6 is 0 Å². The van der Waals surface area contributed by atoms with Crippen molar-refractivity contribution in [2.45, 2.75) is 0 Å². The number of nitrogens with one attached hydrogen (secondary N) is 1. The second kappa shape index (κ2) is 8.41. The van der Waals surface area contributed by atoms with E-state index < -0.39 is 0 Å². The number of nitrogens with zero attached hydrogens (tertiary/aromatic N) is 2. The lowest BCUT2D eigenvalue weighted by Crippen LogP contribution is -2.01. The van der Waals surface area contributed by atoms with Crippen LogP contribution in [0.4, 0.5) is 11.5 Å². The van der Waals surface area contributed by atoms with Crippen molar-refractivity contribution in [2.75, 3.05) is 19.0 Å². The van der Waals surface area contributed by atoms with E-state index in [2.05, 4.69) is 11.2 Å². The molecule has 4 rings (SSSR count). The number of hydrogen-bond acceptors (Lipinski definition) is 5. The van der Waals surface area contributed by atoms with Crippen LogP contribution in [0.15, 0.2) is 72.9 Å². The molecule has 4 aromatic rings. The predicted octanol–water partition coefficient (Wildman–Crippen LogP) is 4.54. The van der Waals surface area contributed by atoms with Gasteiger partial charge in [-0.05, 0) is 60.7 Å². The van der Waals surface area contributed by atoms with E-state index in [9.17, 15) is 4.79 Å². The molecule has 0 spiro atoms. The number of methoxy groups -OCH3 is 1. The summed E-state index contributed by atoms with van der Waals surface area (Å²) in [4.78, 5) is 16.5. The van der Waals surface area contributed by atoms with E-state index in [1.807, 2.05) is 65.2 Å². The number of imidazole rings is 1. The number of carbonyl (C=O) groups excluding carboxylic acids is 1. The fourth-order valence-electron chi connectivity index (χ4n) is 3.09. The minimum Gasteiger partial charge on any atom is -0.481 e. The Morgan fingerprint density at radius 1 is 1.10 bits per heavy atom. The molecule has 1 N–H and O–H groups in total. The summed E-state index contributed by atoms with van der Waals surface area (Å²) in [5, 5.41) is 3.42. The first-order valence-electron chi connectivity index (χ1n) is 9.29. The molecule has 0 radical (unpaired) electrons. The zero-order chi connectivity index (χ0) is 20.9. The standard InChI is InChI=1S/C24H19N3O3/c1-3-16-30-20-13-9-17(10-14-20)22-23(27-15-5-4-6-21(27)26-22)25-19-11-7-18(8-12-19)24(28)29-2/h1,4-15,25H,16H2,2H3. The number of terminal acetylenes is 1. The van der Waals surface area contributed by atoms with Gasteiger partial charge in [0.1, 0.15) is 29.5 Å². The van der Waals surface area contributed by atoms with Crippen LogP contribution in [0.25, 0.3) is 16.9 Å². The maximum atomic E-state index is 11.7. The normalized spacial score (nSPS) is 10.4. The number of fused-ring (bicyclic) bond motifs is 1. The van der Waals surface area contributed by atoms with Gasteiger partial charge in [0.15, 0.2) is 0 Å². The molecule has 6 nitrogen and oxygen atoms in total. The highest BCUT2D eigenvalue weighted by Gasteiger charge is 2.15. The molecule has 2 aromatic heterocycles. The molecule has 6 heteroatoms. The van der Waals surface area contributed by atoms with Crippen molar-refractivity contribution in [1.82, 2.24) is 9.38 Å². The van der Waals surface area contributed by atoms with Crippen molar-refractivity contribution < 1.29 is 14.3 Å². The summed E-state index contributed by atoms with van der Waals surface area (Å²) >= 11 is 0. The predicted molar refractivity (Wildman–Crippen MR) is 116 cm³/mol. The van der Waals surface area contributed by atoms with Gasteiger partial charge >= 0.3 is 5.97 Å². The zero-order valence-corrected chi connectivity index (χ0v) is 16.3. The second-order valence-corrected chi connectivity index (χ2v) is 6.45. The number of rotatable bonds is 6. The van der Waals surface area contributed by atoms with Crippen molar-refractivity contribution in [3.8, 4) is 29.4 Å². The number of pyridine rings is 1. The number of hydrogen-bond donors (Lipinski definition) is 1. The van der Waals surface area contributed by atoms with Gasteiger partial charge in [-0.25, -0.2) is 9.78 Å². The molecule has 0 atom stereocenters. The summed E-state index contributed by atoms with van der Waals surface area (Å²) in [6.07, 6.45) is 7.19. The Bertz CT molecular complexity index is 1220. The summed E-state index contributed by atoms with van der Waals surface area (Å²) in [6.45, 7) is 0.224. The summed E-state index contributed by atoms with van der Waals surface area (Å²) in [5.74, 6) is 3.60. The number of ether oxygens (including phenoxy) is 2. The molecular formula is C24H19N3O3. The number of carbonyl (C=O) groups is 1. The molecule has 148 valence electrons. The molecule has 2 aromatic carbocycles. The van der Waals surface area contributed by atoms with E-state index in [0.717, 1.165) is 28.4 Å². The molecule has 2 heterocycles. The lowest BCUT2D eigenvalue weighted by molar-refractivity contribution is 0.0601. The van der Waals surface area contributed by atoms with Crippen LogP contribution in [0, 0.1) is 12.3 Å². The lowest BCUT2D eigenvalue weighted by atomic mass is 10.1. The minimum absolute atomic E-state index is 0.224. The summed E-state index contributed by atoms with van der Waals surface area (Å²) < 4.78 is 12.2. The maximum absolute atomic E-state index is 11.7. The number of benzene rings is 2. The van der Waals surface area contributed by atoms with Crippen LogP contribution in [0.5, 0.6) is 5.75 Å². The molecule has 0 unspecified atom stereocenters. The third kappa shape index (κ3) is 3.82. The van der Waals surface area contributed by atoms with Crippen LogP contribution in [0.2, 0.25) is 0 Å². The highest BCUT2D eigenvalue weighted by atomic mass is 16.5. The van der Waals surface area contributed by atoms with Crippen LogP contribution < -0.4 is 10.1 Å². The molecule has 30 heavy (non-hydrogen) atoms. The zero-order valence-electron chi connectivity index (χ0n) is 16.3. The molecule has 0 aliphatic rings. The highest BCUT2D eigenvalue weighted by molar-refractivity contribution is 5.90. The van der Waals surface area contributed by atoms with Gasteiger partial charge in [0, 0.05) is 17.4 Å². The van der Waals surface area contributed by atoms with Crippen molar-refractivity contribution in [2.24, 2.45) is 0 Å². The van der Waals surface area contributed by atoms with E-state index in [0.29, 0.717) is 11.3 Å². The third-order valence-electron chi connectivity index (χ3n) is 4.55. The quantitative estimate of drug-likeness (QED) is 0.382. The van der Waals surface area contributed by atoms with Gasteiger partial charge < -0.3 is 14.8 Å². The molecular weight excluding hydrogens is 378 g/mol. The van der Waals surface area contributed by atoms with Gasteiger partial charge in [-0.3, -0.25) is 4.40 Å². The monoisotopic (exact) mass is 397 g/mol. The molecule has 0 aliphatic carbocycles. The van der Waals surface area contributed by atoms with Crippen LogP contribution in [0.3, 0.4) is 0 Å². The largest absolute Gasteiger partial charge is 0.481 e. The summed E-state index contributed by atoms with van der Waals surface area (Å²) in [5.41, 5.74) is 3.85. The van der Waals surface area contributed by atoms with E-state index in [1.165, 1.54) is 7.11 Å². The first-order valence-corrected chi connectivity index (χ1v) is 9.29. The number of aromatic nitrogens is 2. The first-order chi connectivity index (χ1) is 14.7. The SMILES string of the molecule is C#CCOc1ccc(-c2nc3ccccn3c2Nc2ccc(C(=O)OC)cc2)cc1. The molecule has 0 saturated heterocycles. The molecule has 0 amide bonds. The van der Waals surface area contributed by atoms with Gasteiger partial charge in [-0.15, -0.1) is 6.42 Å². The summed E-state index contributed by atoms with van der Waals surface area (Å²) in [7, 11) is 1.36. The Balaban J connectivity index is 1.70. The van der Waals surface area contributed by atoms with Crippen molar-refractivity contribution >= 4 is 23.1 Å². The Morgan fingerprint density at radius 3 is 2.57 bits per heavy atom. The van der Waals surface area contributed by atoms with Crippen LogP contribution in [0.1, 0.15) is 10.4 Å². The van der Waals surface area contributed by atoms with E-state index >= 15 is 0 Å². The molecule has 0 fully saturated rings. The fraction of sp³-hybridized carbons (Fsp3) is 0.0833. The lowest BCUT2D eigenvalue weighted by Gasteiger charge is -2.10. The van der Waals surface area contributed by atoms with E-state index in [1.54, 1.807) is 12.1 Å². The molecule has 0 saturated carbocycles. The first kappa shape index (κ1) is 19.1. The van der Waals surface area contributed by atoms with E-state index in [-0.39, 0.29) is 12.6 Å². The minimum atomic E-state index is -0.371. The van der Waals surface area contributed by atoms with Crippen molar-refractivity contribution in [3.63, 3.8) is 0 Å². The topological polar surface area (TPSA) is 64.9 Å². The Labute approximate surface area is 174 Å². The van der Waals surface area contributed by atoms with E-state index in [4.69, 9.17) is 20.9 Å². The van der Waals surface area contributed by atoms with Gasteiger partial charge in [-0.1, -0.05) is 12.0 Å². The van der Waals surface area contributed by atoms with Gasteiger partial charge in [0.25, 0.3) is 0 Å². The summed E-state index contributed by atoms with van der Waals surface area (Å²) in [6, 6.07) is 20.5. The van der Waals surface area contributed by atoms with Crippen molar-refractivity contribution in [1.29, 1.82) is 0 Å². The van der Waals surface area contributed by atoms with Crippen LogP contribution in [-0.4, -0.2) is 29.1 Å². The average Bonchev–Trinajstić information content (AvgIpc) is 3.16. The molecule has 0 bridgehead atoms. The second-order valence-electron chi connectivity index (χ2n) is 6.45. The molecule has 0 aliphatic heterocycles. The number of anilines is 2. The smallest absolute Gasteiger partial charge is 0.337 e. The Kier molecular flexibility index (Phi) is 5.35. The number of esters is 1. The van der Waals surface area contributed by atoms with Crippen molar-refractivity contribution in [3.05, 3.63) is 78.5 Å². The average molecular weight is 397 g/mol. The van der Waals surface area contributed by atoms with Gasteiger partial charge in [0.05, 0.1) is 12.7 Å². The fourth-order valence-corrected chi connectivity index (χ4v) is 3.09.